The largest absolute Gasteiger partial charge is 0.444 e. The molecule has 0 aliphatic rings. The molecule has 0 aliphatic carbocycles. The Morgan fingerprint density at radius 3 is 2.11 bits per heavy atom. The van der Waals surface area contributed by atoms with Gasteiger partial charge < -0.3 is 20.3 Å². The number of unbranched alkanes of at least 4 members (excludes halogenated alkanes) is 1. The van der Waals surface area contributed by atoms with Crippen molar-refractivity contribution in [1.82, 2.24) is 15.5 Å². The van der Waals surface area contributed by atoms with E-state index < -0.39 is 29.3 Å². The summed E-state index contributed by atoms with van der Waals surface area (Å²) < 4.78 is 5.46. The highest BCUT2D eigenvalue weighted by Gasteiger charge is 2.43. The van der Waals surface area contributed by atoms with Crippen molar-refractivity contribution in [2.24, 2.45) is 5.92 Å². The Kier molecular flexibility index (Phi) is 11.3. The van der Waals surface area contributed by atoms with Gasteiger partial charge in [0.15, 0.2) is 0 Å². The highest BCUT2D eigenvalue weighted by molar-refractivity contribution is 5.93. The summed E-state index contributed by atoms with van der Waals surface area (Å²) in [4.78, 5) is 42.2. The summed E-state index contributed by atoms with van der Waals surface area (Å²) >= 11 is 0. The molecule has 7 heteroatoms. The molecule has 3 unspecified atom stereocenters. The molecule has 1 aromatic rings. The molecular formula is C28H47N3O4. The fourth-order valence-electron chi connectivity index (χ4n) is 3.89. The smallest absolute Gasteiger partial charge is 0.408 e. The van der Waals surface area contributed by atoms with E-state index in [1.54, 1.807) is 25.7 Å². The van der Waals surface area contributed by atoms with Crippen molar-refractivity contribution in [3.63, 3.8) is 0 Å². The van der Waals surface area contributed by atoms with Crippen molar-refractivity contribution in [2.45, 2.75) is 112 Å². The number of nitrogens with one attached hydrogen (secondary N) is 2. The second-order valence-electron chi connectivity index (χ2n) is 11.3. The summed E-state index contributed by atoms with van der Waals surface area (Å²) in [7, 11) is 0. The summed E-state index contributed by atoms with van der Waals surface area (Å²) in [5.41, 5.74) is 0.294. The average molecular weight is 490 g/mol. The molecule has 0 fully saturated rings. The van der Waals surface area contributed by atoms with Crippen molar-refractivity contribution in [3.05, 3.63) is 35.4 Å². The van der Waals surface area contributed by atoms with Crippen LogP contribution in [0.4, 0.5) is 4.79 Å². The zero-order chi connectivity index (χ0) is 27.0. The molecule has 7 nitrogen and oxygen atoms in total. The SMILES string of the molecule is CCCCNC(=O)C(c1ccccc1C)N(C(=O)C(NC(=O)OC(C)(C)C)C(C)CC)C(C)(C)C. The van der Waals surface area contributed by atoms with Gasteiger partial charge in [-0.25, -0.2) is 4.79 Å². The zero-order valence-electron chi connectivity index (χ0n) is 23.5. The number of benzene rings is 1. The lowest BCUT2D eigenvalue weighted by Crippen LogP contribution is -2.60. The first-order valence-corrected chi connectivity index (χ1v) is 12.8. The minimum atomic E-state index is -0.843. The molecule has 3 amide bonds. The number of rotatable bonds is 10. The van der Waals surface area contributed by atoms with E-state index >= 15 is 0 Å². The maximum atomic E-state index is 14.2. The molecule has 0 aromatic heterocycles. The van der Waals surface area contributed by atoms with Gasteiger partial charge in [0.05, 0.1) is 0 Å². The zero-order valence-corrected chi connectivity index (χ0v) is 23.5. The Balaban J connectivity index is 3.56. The molecule has 0 radical (unpaired) electrons. The van der Waals surface area contributed by atoms with Crippen LogP contribution in [0.2, 0.25) is 0 Å². The number of carbonyl (C=O) groups is 3. The highest BCUT2D eigenvalue weighted by Crippen LogP contribution is 2.32. The normalized spacial score (nSPS) is 14.5. The van der Waals surface area contributed by atoms with Crippen LogP contribution in [0.3, 0.4) is 0 Å². The minimum Gasteiger partial charge on any atom is -0.444 e. The monoisotopic (exact) mass is 489 g/mol. The molecule has 0 spiro atoms. The van der Waals surface area contributed by atoms with Crippen LogP contribution in [0.1, 0.15) is 98.7 Å². The molecule has 0 saturated heterocycles. The van der Waals surface area contributed by atoms with E-state index in [1.165, 1.54) is 0 Å². The molecule has 0 saturated carbocycles. The van der Waals surface area contributed by atoms with Crippen LogP contribution < -0.4 is 10.6 Å². The second kappa shape index (κ2) is 12.9. The first-order valence-electron chi connectivity index (χ1n) is 12.8. The number of hydrogen-bond acceptors (Lipinski definition) is 4. The first kappa shape index (κ1) is 30.5. The van der Waals surface area contributed by atoms with Crippen molar-refractivity contribution >= 4 is 17.9 Å². The Hall–Kier alpha value is -2.57. The number of hydrogen-bond donors (Lipinski definition) is 2. The molecule has 0 bridgehead atoms. The van der Waals surface area contributed by atoms with E-state index in [1.807, 2.05) is 65.8 Å². The fourth-order valence-corrected chi connectivity index (χ4v) is 3.89. The van der Waals surface area contributed by atoms with Gasteiger partial charge in [0, 0.05) is 12.1 Å². The number of amides is 3. The van der Waals surface area contributed by atoms with Crippen LogP contribution in [-0.2, 0) is 14.3 Å². The van der Waals surface area contributed by atoms with Gasteiger partial charge >= 0.3 is 6.09 Å². The summed E-state index contributed by atoms with van der Waals surface area (Å²) in [5, 5.41) is 5.83. The lowest BCUT2D eigenvalue weighted by Gasteiger charge is -2.44. The molecule has 198 valence electrons. The van der Waals surface area contributed by atoms with E-state index in [4.69, 9.17) is 4.74 Å². The second-order valence-corrected chi connectivity index (χ2v) is 11.3. The maximum Gasteiger partial charge on any atom is 0.408 e. The lowest BCUT2D eigenvalue weighted by molar-refractivity contribution is -0.149. The summed E-state index contributed by atoms with van der Waals surface area (Å²) in [6, 6.07) is 5.95. The van der Waals surface area contributed by atoms with Crippen molar-refractivity contribution in [2.75, 3.05) is 6.54 Å². The predicted molar refractivity (Wildman–Crippen MR) is 141 cm³/mol. The number of aryl methyl sites for hydroxylation is 1. The van der Waals surface area contributed by atoms with Gasteiger partial charge in [-0.2, -0.15) is 0 Å². The molecular weight excluding hydrogens is 442 g/mol. The molecule has 0 heterocycles. The van der Waals surface area contributed by atoms with Crippen molar-refractivity contribution in [3.8, 4) is 0 Å². The third kappa shape index (κ3) is 9.19. The maximum absolute atomic E-state index is 14.2. The first-order chi connectivity index (χ1) is 16.1. The summed E-state index contributed by atoms with van der Waals surface area (Å²) in [6.45, 7) is 19.5. The van der Waals surface area contributed by atoms with E-state index in [2.05, 4.69) is 17.6 Å². The van der Waals surface area contributed by atoms with Crippen molar-refractivity contribution in [1.29, 1.82) is 0 Å². The molecule has 2 N–H and O–H groups in total. The van der Waals surface area contributed by atoms with Crippen LogP contribution in [0.25, 0.3) is 0 Å². The average Bonchev–Trinajstić information content (AvgIpc) is 2.73. The van der Waals surface area contributed by atoms with Gasteiger partial charge in [0.2, 0.25) is 11.8 Å². The van der Waals surface area contributed by atoms with Gasteiger partial charge in [-0.3, -0.25) is 9.59 Å². The summed E-state index contributed by atoms with van der Waals surface area (Å²) in [6.07, 6.45) is 1.82. The van der Waals surface area contributed by atoms with Crippen LogP contribution in [0.5, 0.6) is 0 Å². The number of nitrogens with zero attached hydrogens (tertiary/aromatic N) is 1. The van der Waals surface area contributed by atoms with E-state index in [-0.39, 0.29) is 17.7 Å². The molecule has 3 atom stereocenters. The van der Waals surface area contributed by atoms with Gasteiger partial charge in [-0.15, -0.1) is 0 Å². The summed E-state index contributed by atoms with van der Waals surface area (Å²) in [5.74, 6) is -0.701. The Labute approximate surface area is 212 Å². The third-order valence-corrected chi connectivity index (χ3v) is 5.93. The molecule has 1 rings (SSSR count). The van der Waals surface area contributed by atoms with E-state index in [9.17, 15) is 14.4 Å². The molecule has 0 aliphatic heterocycles. The van der Waals surface area contributed by atoms with E-state index in [0.717, 1.165) is 24.0 Å². The predicted octanol–water partition coefficient (Wildman–Crippen LogP) is 5.52. The Morgan fingerprint density at radius 1 is 1.03 bits per heavy atom. The number of carbonyl (C=O) groups excluding carboxylic acids is 3. The minimum absolute atomic E-state index is 0.166. The van der Waals surface area contributed by atoms with Crippen LogP contribution in [-0.4, -0.2) is 46.5 Å². The van der Waals surface area contributed by atoms with Gasteiger partial charge in [0.1, 0.15) is 17.7 Å². The quantitative estimate of drug-likeness (QED) is 0.424. The number of ether oxygens (including phenoxy) is 1. The lowest BCUT2D eigenvalue weighted by atomic mass is 9.90. The van der Waals surface area contributed by atoms with Crippen LogP contribution in [0.15, 0.2) is 24.3 Å². The topological polar surface area (TPSA) is 87.7 Å². The Bertz CT molecular complexity index is 854. The standard InChI is InChI=1S/C28H47N3O4/c1-11-13-18-29-24(32)23(21-17-15-14-16-20(21)4)31(27(5,6)7)25(33)22(19(3)12-2)30-26(34)35-28(8,9)10/h14-17,19,22-23H,11-13,18H2,1-10H3,(H,29,32)(H,30,34). The Morgan fingerprint density at radius 2 is 1.63 bits per heavy atom. The fraction of sp³-hybridized carbons (Fsp3) is 0.679. The van der Waals surface area contributed by atoms with Crippen LogP contribution >= 0.6 is 0 Å². The van der Waals surface area contributed by atoms with Crippen LogP contribution in [0, 0.1) is 12.8 Å². The number of alkyl carbamates (subject to hydrolysis) is 1. The molecule has 1 aromatic carbocycles. The highest BCUT2D eigenvalue weighted by atomic mass is 16.6. The van der Waals surface area contributed by atoms with Gasteiger partial charge in [-0.1, -0.05) is 57.9 Å². The van der Waals surface area contributed by atoms with Crippen molar-refractivity contribution < 1.29 is 19.1 Å². The van der Waals surface area contributed by atoms with Gasteiger partial charge in [-0.05, 0) is 71.9 Å². The van der Waals surface area contributed by atoms with E-state index in [0.29, 0.717) is 13.0 Å². The molecule has 35 heavy (non-hydrogen) atoms. The third-order valence-electron chi connectivity index (χ3n) is 5.93. The van der Waals surface area contributed by atoms with Gasteiger partial charge in [0.25, 0.3) is 0 Å².